The van der Waals surface area contributed by atoms with Crippen molar-refractivity contribution < 1.29 is 19.2 Å². The van der Waals surface area contributed by atoms with Crippen molar-refractivity contribution in [1.29, 1.82) is 0 Å². The number of rotatable bonds is 4. The molecule has 8 heteroatoms. The topological polar surface area (TPSA) is 89.5 Å². The molecule has 0 unspecified atom stereocenters. The minimum atomic E-state index is -0.853. The van der Waals surface area contributed by atoms with E-state index in [4.69, 9.17) is 4.84 Å². The summed E-state index contributed by atoms with van der Waals surface area (Å²) < 4.78 is 0. The van der Waals surface area contributed by atoms with Crippen LogP contribution in [-0.4, -0.2) is 39.1 Å². The minimum Gasteiger partial charge on any atom is -0.323 e. The second kappa shape index (κ2) is 5.96. The van der Waals surface area contributed by atoms with Gasteiger partial charge in [0.2, 0.25) is 0 Å². The van der Waals surface area contributed by atoms with Crippen LogP contribution in [-0.2, 0) is 4.84 Å². The van der Waals surface area contributed by atoms with E-state index in [1.165, 1.54) is 23.9 Å². The summed E-state index contributed by atoms with van der Waals surface area (Å²) in [7, 11) is 0. The third-order valence-corrected chi connectivity index (χ3v) is 4.59. The molecule has 4 rings (SSSR count). The van der Waals surface area contributed by atoms with Gasteiger partial charge in [-0.25, -0.2) is 14.8 Å². The largest absolute Gasteiger partial charge is 0.382 e. The molecule has 0 radical (unpaired) electrons. The summed E-state index contributed by atoms with van der Waals surface area (Å²) in [6.07, 6.45) is 3.86. The van der Waals surface area contributed by atoms with E-state index >= 15 is 0 Å². The van der Waals surface area contributed by atoms with Crippen LogP contribution in [0, 0.1) is 0 Å². The van der Waals surface area contributed by atoms with Gasteiger partial charge in [0.25, 0.3) is 11.8 Å². The van der Waals surface area contributed by atoms with Crippen molar-refractivity contribution in [1.82, 2.24) is 15.0 Å². The molecule has 0 saturated heterocycles. The van der Waals surface area contributed by atoms with Gasteiger partial charge >= 0.3 is 5.97 Å². The minimum absolute atomic E-state index is 0.0396. The first-order valence-electron chi connectivity index (χ1n) is 7.71. The van der Waals surface area contributed by atoms with E-state index in [0.29, 0.717) is 16.1 Å². The molecule has 1 aromatic heterocycles. The first-order chi connectivity index (χ1) is 12.1. The Balaban J connectivity index is 1.60. The molecule has 0 atom stereocenters. The zero-order valence-corrected chi connectivity index (χ0v) is 14.1. The smallest absolute Gasteiger partial charge is 0.323 e. The van der Waals surface area contributed by atoms with Gasteiger partial charge in [0.15, 0.2) is 10.9 Å². The Morgan fingerprint density at radius 1 is 1.16 bits per heavy atom. The Hall–Kier alpha value is -2.74. The van der Waals surface area contributed by atoms with Crippen LogP contribution in [0.5, 0.6) is 0 Å². The number of carbonyl (C=O) groups is 3. The van der Waals surface area contributed by atoms with Crippen molar-refractivity contribution in [3.8, 4) is 0 Å². The molecule has 1 aliphatic carbocycles. The third-order valence-electron chi connectivity index (χ3n) is 4.04. The molecule has 0 spiro atoms. The number of benzene rings is 1. The maximum Gasteiger partial charge on any atom is 0.382 e. The Morgan fingerprint density at radius 3 is 2.36 bits per heavy atom. The predicted molar refractivity (Wildman–Crippen MR) is 88.1 cm³/mol. The van der Waals surface area contributed by atoms with Crippen LogP contribution in [0.25, 0.3) is 0 Å². The number of fused-ring (bicyclic) bond motifs is 1. The highest BCUT2D eigenvalue weighted by Crippen LogP contribution is 2.39. The summed E-state index contributed by atoms with van der Waals surface area (Å²) in [4.78, 5) is 50.6. The standard InChI is InChI=1S/C17H13N3O4S/c1-25-17-18-12(9-6-7-9)8-13(19-17)16(23)24-20-14(21)10-4-2-3-5-11(10)15(20)22/h2-5,8-9H,6-7H2,1H3. The van der Waals surface area contributed by atoms with E-state index in [1.807, 2.05) is 6.26 Å². The van der Waals surface area contributed by atoms with Crippen molar-refractivity contribution in [2.24, 2.45) is 0 Å². The molecule has 7 nitrogen and oxygen atoms in total. The van der Waals surface area contributed by atoms with Crippen molar-refractivity contribution in [2.45, 2.75) is 23.9 Å². The summed E-state index contributed by atoms with van der Waals surface area (Å²) in [5, 5.41) is 0.948. The summed E-state index contributed by atoms with van der Waals surface area (Å²) >= 11 is 1.32. The van der Waals surface area contributed by atoms with Gasteiger partial charge in [0.05, 0.1) is 11.1 Å². The molecule has 0 bridgehead atoms. The van der Waals surface area contributed by atoms with Crippen molar-refractivity contribution >= 4 is 29.5 Å². The van der Waals surface area contributed by atoms with Crippen LogP contribution in [0.1, 0.15) is 55.7 Å². The molecule has 2 aliphatic rings. The van der Waals surface area contributed by atoms with Gasteiger partial charge in [-0.1, -0.05) is 29.0 Å². The molecule has 2 heterocycles. The zero-order valence-electron chi connectivity index (χ0n) is 13.3. The fourth-order valence-corrected chi connectivity index (χ4v) is 2.99. The Labute approximate surface area is 147 Å². The molecule has 1 aliphatic heterocycles. The maximum atomic E-state index is 12.4. The van der Waals surface area contributed by atoms with Gasteiger partial charge in [0.1, 0.15) is 0 Å². The van der Waals surface area contributed by atoms with Crippen LogP contribution in [0.2, 0.25) is 0 Å². The van der Waals surface area contributed by atoms with E-state index in [2.05, 4.69) is 9.97 Å². The van der Waals surface area contributed by atoms with E-state index in [1.54, 1.807) is 18.2 Å². The van der Waals surface area contributed by atoms with Gasteiger partial charge in [-0.2, -0.15) is 0 Å². The molecule has 1 saturated carbocycles. The number of hydroxylamine groups is 2. The van der Waals surface area contributed by atoms with E-state index < -0.39 is 17.8 Å². The monoisotopic (exact) mass is 355 g/mol. The summed E-state index contributed by atoms with van der Waals surface area (Å²) in [6, 6.07) is 7.90. The van der Waals surface area contributed by atoms with Gasteiger partial charge in [-0.3, -0.25) is 9.59 Å². The van der Waals surface area contributed by atoms with E-state index in [-0.39, 0.29) is 16.8 Å². The quantitative estimate of drug-likeness (QED) is 0.473. The van der Waals surface area contributed by atoms with Crippen LogP contribution in [0.4, 0.5) is 0 Å². The second-order valence-electron chi connectivity index (χ2n) is 5.77. The van der Waals surface area contributed by atoms with E-state index in [0.717, 1.165) is 18.5 Å². The number of nitrogens with zero attached hydrogens (tertiary/aromatic N) is 3. The van der Waals surface area contributed by atoms with Crippen LogP contribution < -0.4 is 0 Å². The number of amides is 2. The predicted octanol–water partition coefficient (Wildman–Crippen LogP) is 2.44. The van der Waals surface area contributed by atoms with Crippen molar-refractivity contribution in [2.75, 3.05) is 6.26 Å². The Kier molecular flexibility index (Phi) is 3.76. The van der Waals surface area contributed by atoms with Crippen molar-refractivity contribution in [3.05, 3.63) is 52.8 Å². The van der Waals surface area contributed by atoms with Gasteiger partial charge < -0.3 is 4.84 Å². The molecular weight excluding hydrogens is 342 g/mol. The highest BCUT2D eigenvalue weighted by atomic mass is 32.2. The number of aromatic nitrogens is 2. The average molecular weight is 355 g/mol. The highest BCUT2D eigenvalue weighted by Gasteiger charge is 2.39. The van der Waals surface area contributed by atoms with Crippen LogP contribution in [0.3, 0.4) is 0 Å². The lowest BCUT2D eigenvalue weighted by Crippen LogP contribution is -2.33. The van der Waals surface area contributed by atoms with E-state index in [9.17, 15) is 14.4 Å². The molecule has 1 aromatic carbocycles. The second-order valence-corrected chi connectivity index (χ2v) is 6.54. The summed E-state index contributed by atoms with van der Waals surface area (Å²) in [5.74, 6) is -1.83. The lowest BCUT2D eigenvalue weighted by Gasteiger charge is -2.13. The molecule has 2 amide bonds. The average Bonchev–Trinajstić information content (AvgIpc) is 3.46. The van der Waals surface area contributed by atoms with Gasteiger partial charge in [-0.15, -0.1) is 0 Å². The van der Waals surface area contributed by atoms with Gasteiger partial charge in [-0.05, 0) is 37.3 Å². The first kappa shape index (κ1) is 15.8. The Bertz CT molecular complexity index is 876. The molecule has 0 N–H and O–H groups in total. The highest BCUT2D eigenvalue weighted by molar-refractivity contribution is 7.98. The van der Waals surface area contributed by atoms with Gasteiger partial charge in [0, 0.05) is 11.6 Å². The number of hydrogen-bond acceptors (Lipinski definition) is 7. The summed E-state index contributed by atoms with van der Waals surface area (Å²) in [6.45, 7) is 0. The number of thioether (sulfide) groups is 1. The molecule has 1 fully saturated rings. The number of carbonyl (C=O) groups excluding carboxylic acids is 3. The molecule has 2 aromatic rings. The lowest BCUT2D eigenvalue weighted by molar-refractivity contribution is -0.0589. The van der Waals surface area contributed by atoms with Crippen LogP contribution >= 0.6 is 11.8 Å². The molecule has 126 valence electrons. The normalized spacial score (nSPS) is 16.1. The van der Waals surface area contributed by atoms with Crippen LogP contribution in [0.15, 0.2) is 35.5 Å². The fraction of sp³-hybridized carbons (Fsp3) is 0.235. The third kappa shape index (κ3) is 2.78. The first-order valence-corrected chi connectivity index (χ1v) is 8.94. The Morgan fingerprint density at radius 2 is 1.80 bits per heavy atom. The number of imide groups is 1. The SMILES string of the molecule is CSc1nc(C(=O)ON2C(=O)c3ccccc3C2=O)cc(C2CC2)n1. The fourth-order valence-electron chi connectivity index (χ4n) is 2.61. The van der Waals surface area contributed by atoms with Crippen molar-refractivity contribution in [3.63, 3.8) is 0 Å². The summed E-state index contributed by atoms with van der Waals surface area (Å²) in [5.41, 5.74) is 1.25. The molecular formula is C17H13N3O4S. The maximum absolute atomic E-state index is 12.4. The molecule has 25 heavy (non-hydrogen) atoms. The number of hydrogen-bond donors (Lipinski definition) is 0. The lowest BCUT2D eigenvalue weighted by atomic mass is 10.1. The zero-order chi connectivity index (χ0) is 17.6.